The quantitative estimate of drug-likeness (QED) is 0.235. The number of pyridine rings is 1. The van der Waals surface area contributed by atoms with Gasteiger partial charge in [-0.25, -0.2) is 8.78 Å². The standard InChI is InChI=1S/C32H30F2N2O4/c33-27-18-25(36-15-13-22(14-16-36)17-30(37)38)19-28(34)31(27)26-11-12-29(39-20-23-7-3-1-4-8-23)35-32(26)40-21-24-9-5-2-6-10-24/h1-12,18-19,22H,13-17,20-21H2,(H,37,38). The molecule has 0 aliphatic carbocycles. The van der Waals surface area contributed by atoms with Gasteiger partial charge < -0.3 is 19.5 Å². The smallest absolute Gasteiger partial charge is 0.303 e. The Kier molecular flexibility index (Phi) is 8.54. The van der Waals surface area contributed by atoms with Crippen LogP contribution in [0.2, 0.25) is 0 Å². The van der Waals surface area contributed by atoms with Crippen molar-refractivity contribution in [1.82, 2.24) is 4.98 Å². The lowest BCUT2D eigenvalue weighted by atomic mass is 9.93. The number of halogens is 2. The van der Waals surface area contributed by atoms with Crippen molar-refractivity contribution < 1.29 is 28.2 Å². The van der Waals surface area contributed by atoms with Gasteiger partial charge in [0.25, 0.3) is 0 Å². The van der Waals surface area contributed by atoms with Crippen molar-refractivity contribution in [2.45, 2.75) is 32.5 Å². The molecule has 206 valence electrons. The molecule has 0 bridgehead atoms. The molecule has 1 fully saturated rings. The second-order valence-electron chi connectivity index (χ2n) is 9.86. The summed E-state index contributed by atoms with van der Waals surface area (Å²) in [4.78, 5) is 17.4. The molecular weight excluding hydrogens is 514 g/mol. The van der Waals surface area contributed by atoms with Gasteiger partial charge in [-0.05, 0) is 48.1 Å². The van der Waals surface area contributed by atoms with Gasteiger partial charge in [-0.1, -0.05) is 60.7 Å². The van der Waals surface area contributed by atoms with Gasteiger partial charge in [0.05, 0.1) is 11.1 Å². The average molecular weight is 545 g/mol. The first-order valence-corrected chi connectivity index (χ1v) is 13.3. The molecule has 40 heavy (non-hydrogen) atoms. The van der Waals surface area contributed by atoms with Crippen LogP contribution in [0.1, 0.15) is 30.4 Å². The summed E-state index contributed by atoms with van der Waals surface area (Å²) in [5.74, 6) is -1.87. The van der Waals surface area contributed by atoms with Crippen LogP contribution in [0.3, 0.4) is 0 Å². The maximum absolute atomic E-state index is 15.6. The predicted octanol–water partition coefficient (Wildman–Crippen LogP) is 6.88. The van der Waals surface area contributed by atoms with Crippen LogP contribution in [0.5, 0.6) is 11.8 Å². The van der Waals surface area contributed by atoms with Crippen LogP contribution >= 0.6 is 0 Å². The van der Waals surface area contributed by atoms with Gasteiger partial charge in [0, 0.05) is 31.3 Å². The highest BCUT2D eigenvalue weighted by Gasteiger charge is 2.25. The maximum Gasteiger partial charge on any atom is 0.303 e. The summed E-state index contributed by atoms with van der Waals surface area (Å²) >= 11 is 0. The number of hydrogen-bond donors (Lipinski definition) is 1. The van der Waals surface area contributed by atoms with E-state index in [9.17, 15) is 4.79 Å². The summed E-state index contributed by atoms with van der Waals surface area (Å²) in [5.41, 5.74) is 2.22. The number of carbonyl (C=O) groups is 1. The first-order valence-electron chi connectivity index (χ1n) is 13.3. The van der Waals surface area contributed by atoms with Crippen LogP contribution in [0, 0.1) is 17.6 Å². The van der Waals surface area contributed by atoms with Gasteiger partial charge in [0.2, 0.25) is 11.8 Å². The van der Waals surface area contributed by atoms with E-state index in [0.717, 1.165) is 11.1 Å². The fourth-order valence-corrected chi connectivity index (χ4v) is 4.90. The monoisotopic (exact) mass is 544 g/mol. The lowest BCUT2D eigenvalue weighted by molar-refractivity contribution is -0.138. The predicted molar refractivity (Wildman–Crippen MR) is 148 cm³/mol. The number of hydrogen-bond acceptors (Lipinski definition) is 5. The molecule has 8 heteroatoms. The molecule has 0 saturated carbocycles. The number of ether oxygens (including phenoxy) is 2. The highest BCUT2D eigenvalue weighted by molar-refractivity contribution is 5.72. The van der Waals surface area contributed by atoms with Crippen LogP contribution < -0.4 is 14.4 Å². The Morgan fingerprint density at radius 3 is 2.00 bits per heavy atom. The molecule has 3 aromatic carbocycles. The molecule has 5 rings (SSSR count). The number of rotatable bonds is 10. The van der Waals surface area contributed by atoms with E-state index < -0.39 is 17.6 Å². The molecule has 4 aromatic rings. The minimum absolute atomic E-state index is 0.0643. The first kappa shape index (κ1) is 27.1. The number of carboxylic acids is 1. The fourth-order valence-electron chi connectivity index (χ4n) is 4.90. The number of piperidine rings is 1. The Labute approximate surface area is 231 Å². The summed E-state index contributed by atoms with van der Waals surface area (Å²) in [6, 6.07) is 24.8. The van der Waals surface area contributed by atoms with E-state index in [4.69, 9.17) is 14.6 Å². The third kappa shape index (κ3) is 6.75. The molecule has 0 amide bonds. The number of nitrogens with zero attached hydrogens (tertiary/aromatic N) is 2. The second kappa shape index (κ2) is 12.6. The van der Waals surface area contributed by atoms with Crippen LogP contribution in [-0.4, -0.2) is 29.1 Å². The zero-order valence-corrected chi connectivity index (χ0v) is 21.9. The van der Waals surface area contributed by atoms with Crippen molar-refractivity contribution in [1.29, 1.82) is 0 Å². The number of anilines is 1. The highest BCUT2D eigenvalue weighted by Crippen LogP contribution is 2.37. The second-order valence-corrected chi connectivity index (χ2v) is 9.86. The van der Waals surface area contributed by atoms with Gasteiger partial charge >= 0.3 is 5.97 Å². The van der Waals surface area contributed by atoms with Crippen molar-refractivity contribution in [2.75, 3.05) is 18.0 Å². The summed E-state index contributed by atoms with van der Waals surface area (Å²) in [6.07, 6.45) is 1.42. The Bertz CT molecular complexity index is 1420. The van der Waals surface area contributed by atoms with Crippen LogP contribution in [0.25, 0.3) is 11.1 Å². The van der Waals surface area contributed by atoms with E-state index in [0.29, 0.717) is 31.6 Å². The SMILES string of the molecule is O=C(O)CC1CCN(c2cc(F)c(-c3ccc(OCc4ccccc4)nc3OCc3ccccc3)c(F)c2)CC1. The topological polar surface area (TPSA) is 71.9 Å². The first-order chi connectivity index (χ1) is 19.5. The number of aliphatic carboxylic acids is 1. The molecular formula is C32H30F2N2O4. The number of aromatic nitrogens is 1. The molecule has 1 aromatic heterocycles. The highest BCUT2D eigenvalue weighted by atomic mass is 19.1. The largest absolute Gasteiger partial charge is 0.481 e. The minimum Gasteiger partial charge on any atom is -0.481 e. The molecule has 0 spiro atoms. The molecule has 2 heterocycles. The summed E-state index contributed by atoms with van der Waals surface area (Å²) in [6.45, 7) is 1.52. The Morgan fingerprint density at radius 2 is 1.43 bits per heavy atom. The van der Waals surface area contributed by atoms with Crippen molar-refractivity contribution in [3.05, 3.63) is 108 Å². The van der Waals surface area contributed by atoms with E-state index in [2.05, 4.69) is 4.98 Å². The Morgan fingerprint density at radius 1 is 0.850 bits per heavy atom. The molecule has 1 N–H and O–H groups in total. The van der Waals surface area contributed by atoms with Crippen LogP contribution in [-0.2, 0) is 18.0 Å². The normalized spacial score (nSPS) is 13.7. The maximum atomic E-state index is 15.6. The molecule has 0 radical (unpaired) electrons. The average Bonchev–Trinajstić information content (AvgIpc) is 2.96. The summed E-state index contributed by atoms with van der Waals surface area (Å²) in [7, 11) is 0. The Balaban J connectivity index is 1.40. The van der Waals surface area contributed by atoms with E-state index in [1.54, 1.807) is 12.1 Å². The summed E-state index contributed by atoms with van der Waals surface area (Å²) in [5, 5.41) is 9.05. The van der Waals surface area contributed by atoms with Gasteiger partial charge in [0.1, 0.15) is 24.8 Å². The van der Waals surface area contributed by atoms with Crippen molar-refractivity contribution in [3.63, 3.8) is 0 Å². The minimum atomic E-state index is -0.824. The third-order valence-corrected chi connectivity index (χ3v) is 7.02. The third-order valence-electron chi connectivity index (χ3n) is 7.02. The Hall–Kier alpha value is -4.46. The van der Waals surface area contributed by atoms with E-state index in [1.165, 1.54) is 12.1 Å². The van der Waals surface area contributed by atoms with E-state index in [-0.39, 0.29) is 48.4 Å². The molecule has 0 atom stereocenters. The summed E-state index contributed by atoms with van der Waals surface area (Å²) < 4.78 is 42.9. The molecule has 0 unspecified atom stereocenters. The van der Waals surface area contributed by atoms with Gasteiger partial charge in [-0.2, -0.15) is 4.98 Å². The fraction of sp³-hybridized carbons (Fsp3) is 0.250. The lowest BCUT2D eigenvalue weighted by Crippen LogP contribution is -2.34. The molecule has 1 saturated heterocycles. The van der Waals surface area contributed by atoms with E-state index in [1.807, 2.05) is 65.6 Å². The molecule has 1 aliphatic rings. The number of carboxylic acid groups (broad SMARTS) is 1. The van der Waals surface area contributed by atoms with Crippen LogP contribution in [0.4, 0.5) is 14.5 Å². The van der Waals surface area contributed by atoms with Gasteiger partial charge in [0.15, 0.2) is 0 Å². The lowest BCUT2D eigenvalue weighted by Gasteiger charge is -2.33. The van der Waals surface area contributed by atoms with Crippen molar-refractivity contribution >= 4 is 11.7 Å². The van der Waals surface area contributed by atoms with Crippen molar-refractivity contribution in [3.8, 4) is 22.9 Å². The van der Waals surface area contributed by atoms with Gasteiger partial charge in [-0.15, -0.1) is 0 Å². The van der Waals surface area contributed by atoms with E-state index >= 15 is 8.78 Å². The molecule has 1 aliphatic heterocycles. The zero-order chi connectivity index (χ0) is 27.9. The number of benzene rings is 3. The zero-order valence-electron chi connectivity index (χ0n) is 21.9. The molecule has 6 nitrogen and oxygen atoms in total. The van der Waals surface area contributed by atoms with Crippen molar-refractivity contribution in [2.24, 2.45) is 5.92 Å². The van der Waals surface area contributed by atoms with Gasteiger partial charge in [-0.3, -0.25) is 4.79 Å². The van der Waals surface area contributed by atoms with Crippen LogP contribution in [0.15, 0.2) is 84.9 Å².